The topological polar surface area (TPSA) is 100 Å². The molecule has 1 atom stereocenters. The maximum Gasteiger partial charge on any atom is 0.322 e. The molecule has 7 heteroatoms. The van der Waals surface area contributed by atoms with E-state index in [1.54, 1.807) is 25.3 Å². The van der Waals surface area contributed by atoms with Crippen molar-refractivity contribution in [2.75, 3.05) is 5.32 Å². The van der Waals surface area contributed by atoms with E-state index >= 15 is 0 Å². The third kappa shape index (κ3) is 2.82. The van der Waals surface area contributed by atoms with Gasteiger partial charge in [-0.2, -0.15) is 0 Å². The summed E-state index contributed by atoms with van der Waals surface area (Å²) in [6.45, 7) is 1.81. The van der Waals surface area contributed by atoms with Crippen LogP contribution in [0.15, 0.2) is 18.3 Å². The largest absolute Gasteiger partial charge is 0.326 e. The standard InChI is InChI=1S/C11H12N4O3/c1-6-4-7(2-3-12-6)13-9(16)5-8-10(17)15-11(18)14-8/h2-4,8H,5H2,1H3,(H,12,13,16)(H2,14,15,17,18). The molecule has 0 aliphatic carbocycles. The number of carbonyl (C=O) groups is 3. The predicted octanol–water partition coefficient (Wildman–Crippen LogP) is -0.0734. The first kappa shape index (κ1) is 12.0. The smallest absolute Gasteiger partial charge is 0.322 e. The highest BCUT2D eigenvalue weighted by Crippen LogP contribution is 2.08. The van der Waals surface area contributed by atoms with Gasteiger partial charge in [0.2, 0.25) is 5.91 Å². The molecule has 1 aliphatic rings. The van der Waals surface area contributed by atoms with E-state index in [0.29, 0.717) is 5.69 Å². The average molecular weight is 248 g/mol. The normalized spacial score (nSPS) is 18.2. The molecule has 1 unspecified atom stereocenters. The number of pyridine rings is 1. The molecule has 4 amide bonds. The Morgan fingerprint density at radius 3 is 2.89 bits per heavy atom. The summed E-state index contributed by atoms with van der Waals surface area (Å²) in [6.07, 6.45) is 1.48. The fourth-order valence-electron chi connectivity index (χ4n) is 1.62. The minimum absolute atomic E-state index is 0.0983. The summed E-state index contributed by atoms with van der Waals surface area (Å²) < 4.78 is 0. The van der Waals surface area contributed by atoms with Crippen molar-refractivity contribution in [3.8, 4) is 0 Å². The number of hydrogen-bond donors (Lipinski definition) is 3. The fraction of sp³-hybridized carbons (Fsp3) is 0.273. The molecule has 3 N–H and O–H groups in total. The summed E-state index contributed by atoms with van der Waals surface area (Å²) in [4.78, 5) is 37.8. The van der Waals surface area contributed by atoms with Gasteiger partial charge in [0.1, 0.15) is 6.04 Å². The van der Waals surface area contributed by atoms with Crippen LogP contribution in [0.2, 0.25) is 0 Å². The second kappa shape index (κ2) is 4.82. The summed E-state index contributed by atoms with van der Waals surface area (Å²) >= 11 is 0. The lowest BCUT2D eigenvalue weighted by Crippen LogP contribution is -2.33. The molecule has 1 aliphatic heterocycles. The molecule has 0 spiro atoms. The number of aromatic nitrogens is 1. The van der Waals surface area contributed by atoms with Crippen LogP contribution in [0.4, 0.5) is 10.5 Å². The fourth-order valence-corrected chi connectivity index (χ4v) is 1.62. The third-order valence-electron chi connectivity index (χ3n) is 2.43. The Morgan fingerprint density at radius 2 is 2.28 bits per heavy atom. The number of aryl methyl sites for hydroxylation is 1. The molecule has 0 aromatic carbocycles. The monoisotopic (exact) mass is 248 g/mol. The van der Waals surface area contributed by atoms with E-state index in [9.17, 15) is 14.4 Å². The second-order valence-electron chi connectivity index (χ2n) is 3.95. The van der Waals surface area contributed by atoms with Gasteiger partial charge in [0.05, 0.1) is 6.42 Å². The van der Waals surface area contributed by atoms with Crippen molar-refractivity contribution in [2.24, 2.45) is 0 Å². The van der Waals surface area contributed by atoms with Crippen LogP contribution in [0.1, 0.15) is 12.1 Å². The van der Waals surface area contributed by atoms with Crippen molar-refractivity contribution in [3.63, 3.8) is 0 Å². The van der Waals surface area contributed by atoms with Gasteiger partial charge in [-0.3, -0.25) is 19.9 Å². The van der Waals surface area contributed by atoms with E-state index < -0.39 is 18.0 Å². The van der Waals surface area contributed by atoms with Crippen molar-refractivity contribution in [3.05, 3.63) is 24.0 Å². The van der Waals surface area contributed by atoms with Crippen LogP contribution in [-0.4, -0.2) is 28.9 Å². The Morgan fingerprint density at radius 1 is 1.50 bits per heavy atom. The maximum atomic E-state index is 11.7. The third-order valence-corrected chi connectivity index (χ3v) is 2.43. The predicted molar refractivity (Wildman–Crippen MR) is 62.7 cm³/mol. The second-order valence-corrected chi connectivity index (χ2v) is 3.95. The number of amides is 4. The van der Waals surface area contributed by atoms with Crippen LogP contribution < -0.4 is 16.0 Å². The number of urea groups is 1. The lowest BCUT2D eigenvalue weighted by Gasteiger charge is -2.08. The van der Waals surface area contributed by atoms with E-state index in [1.807, 2.05) is 0 Å². The number of nitrogens with one attached hydrogen (secondary N) is 3. The molecule has 0 saturated carbocycles. The molecule has 0 bridgehead atoms. The molecule has 2 rings (SSSR count). The number of nitrogens with zero attached hydrogens (tertiary/aromatic N) is 1. The van der Waals surface area contributed by atoms with Crippen molar-refractivity contribution in [1.29, 1.82) is 0 Å². The molecule has 1 aromatic rings. The number of imide groups is 1. The van der Waals surface area contributed by atoms with Gasteiger partial charge in [0.15, 0.2) is 0 Å². The van der Waals surface area contributed by atoms with Gasteiger partial charge in [-0.25, -0.2) is 4.79 Å². The summed E-state index contributed by atoms with van der Waals surface area (Å²) in [7, 11) is 0. The van der Waals surface area contributed by atoms with E-state index in [1.165, 1.54) is 0 Å². The first-order chi connectivity index (χ1) is 8.54. The van der Waals surface area contributed by atoms with Gasteiger partial charge in [-0.05, 0) is 19.1 Å². The molecular formula is C11H12N4O3. The van der Waals surface area contributed by atoms with Crippen LogP contribution in [0.5, 0.6) is 0 Å². The Bertz CT molecular complexity index is 515. The van der Waals surface area contributed by atoms with E-state index in [-0.39, 0.29) is 12.3 Å². The minimum Gasteiger partial charge on any atom is -0.326 e. The molecule has 0 radical (unpaired) electrons. The zero-order valence-corrected chi connectivity index (χ0v) is 9.69. The number of hydrogen-bond acceptors (Lipinski definition) is 4. The van der Waals surface area contributed by atoms with Crippen LogP contribution >= 0.6 is 0 Å². The van der Waals surface area contributed by atoms with Crippen molar-refractivity contribution < 1.29 is 14.4 Å². The molecule has 1 saturated heterocycles. The highest BCUT2D eigenvalue weighted by atomic mass is 16.2. The molecule has 1 aromatic heterocycles. The quantitative estimate of drug-likeness (QED) is 0.652. The van der Waals surface area contributed by atoms with Gasteiger partial charge in [-0.15, -0.1) is 0 Å². The highest BCUT2D eigenvalue weighted by molar-refractivity contribution is 6.06. The van der Waals surface area contributed by atoms with E-state index in [2.05, 4.69) is 20.9 Å². The number of carbonyl (C=O) groups excluding carboxylic acids is 3. The number of anilines is 1. The zero-order chi connectivity index (χ0) is 13.1. The van der Waals surface area contributed by atoms with Gasteiger partial charge in [0, 0.05) is 17.6 Å². The Balaban J connectivity index is 1.93. The summed E-state index contributed by atoms with van der Waals surface area (Å²) in [5.41, 5.74) is 1.39. The van der Waals surface area contributed by atoms with E-state index in [0.717, 1.165) is 5.69 Å². The summed E-state index contributed by atoms with van der Waals surface area (Å²) in [6, 6.07) is 1.99. The average Bonchev–Trinajstić information content (AvgIpc) is 2.57. The molecule has 94 valence electrons. The summed E-state index contributed by atoms with van der Waals surface area (Å²) in [5, 5.41) is 7.06. The minimum atomic E-state index is -0.805. The molecule has 18 heavy (non-hydrogen) atoms. The molecule has 1 fully saturated rings. The Hall–Kier alpha value is -2.44. The van der Waals surface area contributed by atoms with Crippen LogP contribution in [0, 0.1) is 6.92 Å². The Kier molecular flexibility index (Phi) is 3.22. The van der Waals surface area contributed by atoms with Crippen LogP contribution in [0.25, 0.3) is 0 Å². The maximum absolute atomic E-state index is 11.7. The van der Waals surface area contributed by atoms with Crippen molar-refractivity contribution in [2.45, 2.75) is 19.4 Å². The first-order valence-electron chi connectivity index (χ1n) is 5.38. The van der Waals surface area contributed by atoms with Crippen molar-refractivity contribution >= 4 is 23.5 Å². The molecular weight excluding hydrogens is 236 g/mol. The zero-order valence-electron chi connectivity index (χ0n) is 9.69. The van der Waals surface area contributed by atoms with Gasteiger partial charge >= 0.3 is 6.03 Å². The van der Waals surface area contributed by atoms with Crippen molar-refractivity contribution in [1.82, 2.24) is 15.6 Å². The molecule has 2 heterocycles. The lowest BCUT2D eigenvalue weighted by atomic mass is 10.2. The first-order valence-corrected chi connectivity index (χ1v) is 5.38. The van der Waals surface area contributed by atoms with E-state index in [4.69, 9.17) is 0 Å². The van der Waals surface area contributed by atoms with Crippen LogP contribution in [-0.2, 0) is 9.59 Å². The molecule has 7 nitrogen and oxygen atoms in total. The summed E-state index contributed by atoms with van der Waals surface area (Å²) in [5.74, 6) is -0.830. The number of rotatable bonds is 3. The lowest BCUT2D eigenvalue weighted by molar-refractivity contribution is -0.124. The van der Waals surface area contributed by atoms with Gasteiger partial charge < -0.3 is 10.6 Å². The van der Waals surface area contributed by atoms with Crippen LogP contribution in [0.3, 0.4) is 0 Å². The Labute approximate surface area is 103 Å². The van der Waals surface area contributed by atoms with Gasteiger partial charge in [0.25, 0.3) is 5.91 Å². The van der Waals surface area contributed by atoms with Gasteiger partial charge in [-0.1, -0.05) is 0 Å². The SMILES string of the molecule is Cc1cc(NC(=O)CC2NC(=O)NC2=O)ccn1. The highest BCUT2D eigenvalue weighted by Gasteiger charge is 2.31.